The first-order valence-corrected chi connectivity index (χ1v) is 5.02. The molecule has 0 aliphatic rings. The van der Waals surface area contributed by atoms with Gasteiger partial charge < -0.3 is 5.11 Å². The molecule has 0 atom stereocenters. The average Bonchev–Trinajstić information content (AvgIpc) is 2.29. The van der Waals surface area contributed by atoms with Gasteiger partial charge in [-0.3, -0.25) is 5.32 Å². The van der Waals surface area contributed by atoms with Crippen LogP contribution >= 0.6 is 0 Å². The Balaban J connectivity index is 2.47. The fourth-order valence-electron chi connectivity index (χ4n) is 1.62. The molecular weight excluding hydrogens is 221 g/mol. The molecule has 0 saturated heterocycles. The van der Waals surface area contributed by atoms with E-state index in [9.17, 15) is 9.18 Å². The molecule has 17 heavy (non-hydrogen) atoms. The van der Waals surface area contributed by atoms with Crippen molar-refractivity contribution >= 4 is 11.8 Å². The lowest BCUT2D eigenvalue weighted by Crippen LogP contribution is -2.08. The van der Waals surface area contributed by atoms with Crippen LogP contribution in [0.5, 0.6) is 0 Å². The molecule has 2 aromatic rings. The molecule has 0 unspecified atom stereocenters. The minimum absolute atomic E-state index is 0.354. The van der Waals surface area contributed by atoms with Crippen molar-refractivity contribution in [2.75, 3.05) is 5.32 Å². The van der Waals surface area contributed by atoms with Crippen molar-refractivity contribution in [2.24, 2.45) is 0 Å². The van der Waals surface area contributed by atoms with E-state index in [0.29, 0.717) is 16.8 Å². The van der Waals surface area contributed by atoms with E-state index in [1.807, 2.05) is 0 Å². The molecule has 0 radical (unpaired) electrons. The summed E-state index contributed by atoms with van der Waals surface area (Å²) in [5, 5.41) is 11.0. The number of amides is 1. The second-order valence-corrected chi connectivity index (χ2v) is 3.49. The molecule has 0 saturated carbocycles. The number of para-hydroxylation sites is 1. The summed E-state index contributed by atoms with van der Waals surface area (Å²) < 4.78 is 13.1. The standard InChI is InChI=1S/C13H10FNO2/c14-10-5-3-4-9(8-10)11-6-1-2-7-12(11)15-13(16)17/h1-8,15H,(H,16,17). The topological polar surface area (TPSA) is 49.3 Å². The maximum Gasteiger partial charge on any atom is 0.409 e. The third-order valence-electron chi connectivity index (χ3n) is 2.30. The van der Waals surface area contributed by atoms with Gasteiger partial charge in [-0.05, 0) is 23.8 Å². The molecule has 4 heteroatoms. The van der Waals surface area contributed by atoms with Gasteiger partial charge in [0.2, 0.25) is 0 Å². The molecule has 3 nitrogen and oxygen atoms in total. The van der Waals surface area contributed by atoms with E-state index >= 15 is 0 Å². The fourth-order valence-corrected chi connectivity index (χ4v) is 1.62. The number of carboxylic acid groups (broad SMARTS) is 1. The highest BCUT2D eigenvalue weighted by molar-refractivity contribution is 5.90. The van der Waals surface area contributed by atoms with Gasteiger partial charge in [0.1, 0.15) is 5.82 Å². The quantitative estimate of drug-likeness (QED) is 0.829. The lowest BCUT2D eigenvalue weighted by Gasteiger charge is -2.08. The normalized spacial score (nSPS) is 9.94. The van der Waals surface area contributed by atoms with Crippen molar-refractivity contribution in [1.29, 1.82) is 0 Å². The smallest absolute Gasteiger partial charge is 0.409 e. The Morgan fingerprint density at radius 2 is 1.88 bits per heavy atom. The van der Waals surface area contributed by atoms with Gasteiger partial charge in [0, 0.05) is 5.56 Å². The fraction of sp³-hybridized carbons (Fsp3) is 0. The molecule has 1 amide bonds. The van der Waals surface area contributed by atoms with Crippen molar-refractivity contribution in [1.82, 2.24) is 0 Å². The van der Waals surface area contributed by atoms with Crippen LogP contribution in [-0.2, 0) is 0 Å². The molecule has 0 fully saturated rings. The van der Waals surface area contributed by atoms with Crippen LogP contribution in [0.1, 0.15) is 0 Å². The third-order valence-corrected chi connectivity index (χ3v) is 2.30. The first kappa shape index (κ1) is 11.1. The molecule has 0 heterocycles. The van der Waals surface area contributed by atoms with Gasteiger partial charge in [-0.25, -0.2) is 9.18 Å². The SMILES string of the molecule is O=C(O)Nc1ccccc1-c1cccc(F)c1. The highest BCUT2D eigenvalue weighted by Crippen LogP contribution is 2.28. The Kier molecular flexibility index (Phi) is 3.05. The first-order chi connectivity index (χ1) is 8.16. The number of nitrogens with one attached hydrogen (secondary N) is 1. The summed E-state index contributed by atoms with van der Waals surface area (Å²) in [6.45, 7) is 0. The van der Waals surface area contributed by atoms with Crippen LogP contribution in [0.3, 0.4) is 0 Å². The number of halogens is 1. The molecule has 0 aliphatic carbocycles. The summed E-state index contributed by atoms with van der Waals surface area (Å²) in [5.74, 6) is -0.354. The number of hydrogen-bond donors (Lipinski definition) is 2. The van der Waals surface area contributed by atoms with Gasteiger partial charge in [0.25, 0.3) is 0 Å². The third kappa shape index (κ3) is 2.60. The number of rotatable bonds is 2. The van der Waals surface area contributed by atoms with Gasteiger partial charge in [0.05, 0.1) is 5.69 Å². The maximum atomic E-state index is 13.1. The monoisotopic (exact) mass is 231 g/mol. The molecule has 2 aromatic carbocycles. The summed E-state index contributed by atoms with van der Waals surface area (Å²) in [5.41, 5.74) is 1.72. The summed E-state index contributed by atoms with van der Waals surface area (Å²) in [7, 11) is 0. The maximum absolute atomic E-state index is 13.1. The molecule has 2 rings (SSSR count). The predicted octanol–water partition coefficient (Wildman–Crippen LogP) is 3.58. The second-order valence-electron chi connectivity index (χ2n) is 3.49. The Morgan fingerprint density at radius 3 is 2.59 bits per heavy atom. The van der Waals surface area contributed by atoms with Crippen LogP contribution < -0.4 is 5.32 Å². The minimum Gasteiger partial charge on any atom is -0.465 e. The highest BCUT2D eigenvalue weighted by Gasteiger charge is 2.07. The van der Waals surface area contributed by atoms with Crippen LogP contribution in [0.15, 0.2) is 48.5 Å². The van der Waals surface area contributed by atoms with E-state index in [4.69, 9.17) is 5.11 Å². The Morgan fingerprint density at radius 1 is 1.12 bits per heavy atom. The number of hydrogen-bond acceptors (Lipinski definition) is 1. The molecule has 0 spiro atoms. The zero-order chi connectivity index (χ0) is 12.3. The molecule has 2 N–H and O–H groups in total. The Hall–Kier alpha value is -2.36. The van der Waals surface area contributed by atoms with E-state index in [2.05, 4.69) is 5.32 Å². The van der Waals surface area contributed by atoms with E-state index in [-0.39, 0.29) is 5.82 Å². The molecule has 0 aromatic heterocycles. The van der Waals surface area contributed by atoms with Crippen LogP contribution in [0.2, 0.25) is 0 Å². The Bertz CT molecular complexity index is 555. The van der Waals surface area contributed by atoms with E-state index in [0.717, 1.165) is 0 Å². The van der Waals surface area contributed by atoms with E-state index in [1.165, 1.54) is 12.1 Å². The minimum atomic E-state index is -1.14. The lowest BCUT2D eigenvalue weighted by molar-refractivity contribution is 0.210. The average molecular weight is 231 g/mol. The van der Waals surface area contributed by atoms with Crippen LogP contribution in [0.4, 0.5) is 14.9 Å². The summed E-state index contributed by atoms with van der Waals surface area (Å²) in [4.78, 5) is 10.6. The second kappa shape index (κ2) is 4.65. The number of benzene rings is 2. The van der Waals surface area contributed by atoms with Crippen molar-refractivity contribution in [2.45, 2.75) is 0 Å². The molecular formula is C13H10FNO2. The Labute approximate surface area is 97.5 Å². The summed E-state index contributed by atoms with van der Waals surface area (Å²) in [6, 6.07) is 12.9. The largest absolute Gasteiger partial charge is 0.465 e. The van der Waals surface area contributed by atoms with Gasteiger partial charge >= 0.3 is 6.09 Å². The molecule has 0 aliphatic heterocycles. The van der Waals surface area contributed by atoms with Crippen LogP contribution in [0.25, 0.3) is 11.1 Å². The van der Waals surface area contributed by atoms with Gasteiger partial charge in [-0.2, -0.15) is 0 Å². The van der Waals surface area contributed by atoms with Crippen molar-refractivity contribution < 1.29 is 14.3 Å². The first-order valence-electron chi connectivity index (χ1n) is 5.02. The predicted molar refractivity (Wildman–Crippen MR) is 63.5 cm³/mol. The lowest BCUT2D eigenvalue weighted by atomic mass is 10.0. The highest BCUT2D eigenvalue weighted by atomic mass is 19.1. The van der Waals surface area contributed by atoms with E-state index in [1.54, 1.807) is 36.4 Å². The van der Waals surface area contributed by atoms with Gasteiger partial charge in [-0.15, -0.1) is 0 Å². The van der Waals surface area contributed by atoms with Crippen molar-refractivity contribution in [3.63, 3.8) is 0 Å². The number of anilines is 1. The van der Waals surface area contributed by atoms with Crippen LogP contribution in [0, 0.1) is 5.82 Å². The zero-order valence-electron chi connectivity index (χ0n) is 8.85. The van der Waals surface area contributed by atoms with Gasteiger partial charge in [-0.1, -0.05) is 30.3 Å². The van der Waals surface area contributed by atoms with Crippen molar-refractivity contribution in [3.8, 4) is 11.1 Å². The van der Waals surface area contributed by atoms with Crippen LogP contribution in [-0.4, -0.2) is 11.2 Å². The summed E-state index contributed by atoms with van der Waals surface area (Å²) >= 11 is 0. The number of carbonyl (C=O) groups is 1. The van der Waals surface area contributed by atoms with Crippen molar-refractivity contribution in [3.05, 3.63) is 54.3 Å². The van der Waals surface area contributed by atoms with E-state index < -0.39 is 6.09 Å². The molecule has 86 valence electrons. The van der Waals surface area contributed by atoms with Gasteiger partial charge in [0.15, 0.2) is 0 Å². The summed E-state index contributed by atoms with van der Waals surface area (Å²) in [6.07, 6.45) is -1.14. The zero-order valence-corrected chi connectivity index (χ0v) is 8.85. The molecule has 0 bridgehead atoms.